The highest BCUT2D eigenvalue weighted by atomic mass is 15.2. The van der Waals surface area contributed by atoms with Gasteiger partial charge in [-0.3, -0.25) is 4.90 Å². The minimum Gasteiger partial charge on any atom is -0.319 e. The van der Waals surface area contributed by atoms with E-state index in [0.29, 0.717) is 12.1 Å². The smallest absolute Gasteiger partial charge is 0.176 e. The molecule has 0 aliphatic carbocycles. The van der Waals surface area contributed by atoms with Crippen LogP contribution in [0.5, 0.6) is 0 Å². The van der Waals surface area contributed by atoms with Crippen LogP contribution in [-0.4, -0.2) is 30.1 Å². The van der Waals surface area contributed by atoms with E-state index in [4.69, 9.17) is 5.26 Å². The molecule has 1 heterocycles. The van der Waals surface area contributed by atoms with Gasteiger partial charge in [0.25, 0.3) is 0 Å². The second-order valence-corrected chi connectivity index (χ2v) is 3.85. The van der Waals surface area contributed by atoms with Crippen LogP contribution in [0, 0.1) is 11.5 Å². The Labute approximate surface area is 80.7 Å². The van der Waals surface area contributed by atoms with Gasteiger partial charge < -0.3 is 5.32 Å². The lowest BCUT2D eigenvalue weighted by Gasteiger charge is -2.35. The van der Waals surface area contributed by atoms with Crippen molar-refractivity contribution in [2.45, 2.75) is 45.2 Å². The summed E-state index contributed by atoms with van der Waals surface area (Å²) in [7, 11) is 0. The fourth-order valence-corrected chi connectivity index (χ4v) is 1.87. The zero-order valence-corrected chi connectivity index (χ0v) is 8.58. The van der Waals surface area contributed by atoms with Crippen molar-refractivity contribution in [2.75, 3.05) is 13.1 Å². The van der Waals surface area contributed by atoms with E-state index in [1.807, 2.05) is 6.19 Å². The SMILES string of the molecule is CCC(C)N1CCCC(NC#N)C1. The lowest BCUT2D eigenvalue weighted by atomic mass is 10.0. The van der Waals surface area contributed by atoms with Gasteiger partial charge in [-0.15, -0.1) is 0 Å². The summed E-state index contributed by atoms with van der Waals surface area (Å²) in [6.07, 6.45) is 5.58. The molecular weight excluding hydrogens is 162 g/mol. The normalized spacial score (nSPS) is 26.4. The molecule has 0 amide bonds. The van der Waals surface area contributed by atoms with Crippen LogP contribution >= 0.6 is 0 Å². The van der Waals surface area contributed by atoms with E-state index in [1.54, 1.807) is 0 Å². The average Bonchev–Trinajstić information content (AvgIpc) is 2.18. The maximum atomic E-state index is 8.52. The second kappa shape index (κ2) is 5.08. The van der Waals surface area contributed by atoms with Gasteiger partial charge in [0.2, 0.25) is 0 Å². The van der Waals surface area contributed by atoms with E-state index in [2.05, 4.69) is 24.1 Å². The molecule has 1 rings (SSSR count). The first-order valence-electron chi connectivity index (χ1n) is 5.16. The molecule has 2 unspecified atom stereocenters. The Bertz CT molecular complexity index is 185. The Morgan fingerprint density at radius 2 is 2.46 bits per heavy atom. The summed E-state index contributed by atoms with van der Waals surface area (Å²) in [5, 5.41) is 11.4. The maximum Gasteiger partial charge on any atom is 0.176 e. The molecule has 1 N–H and O–H groups in total. The summed E-state index contributed by atoms with van der Waals surface area (Å²) in [4.78, 5) is 2.47. The fraction of sp³-hybridized carbons (Fsp3) is 0.900. The molecule has 1 aliphatic rings. The Balaban J connectivity index is 2.37. The Hall–Kier alpha value is -0.750. The summed E-state index contributed by atoms with van der Waals surface area (Å²) in [5.74, 6) is 0. The van der Waals surface area contributed by atoms with Crippen molar-refractivity contribution in [1.29, 1.82) is 5.26 Å². The topological polar surface area (TPSA) is 39.1 Å². The number of nitrogens with one attached hydrogen (secondary N) is 1. The van der Waals surface area contributed by atoms with E-state index in [1.165, 1.54) is 19.4 Å². The van der Waals surface area contributed by atoms with Crippen molar-refractivity contribution >= 4 is 0 Å². The van der Waals surface area contributed by atoms with Crippen molar-refractivity contribution in [3.05, 3.63) is 0 Å². The quantitative estimate of drug-likeness (QED) is 0.527. The van der Waals surface area contributed by atoms with E-state index in [9.17, 15) is 0 Å². The number of hydrogen-bond acceptors (Lipinski definition) is 3. The van der Waals surface area contributed by atoms with E-state index < -0.39 is 0 Å². The van der Waals surface area contributed by atoms with Gasteiger partial charge in [-0.25, -0.2) is 0 Å². The molecule has 74 valence electrons. The number of nitrogens with zero attached hydrogens (tertiary/aromatic N) is 2. The minimum atomic E-state index is 0.382. The van der Waals surface area contributed by atoms with Gasteiger partial charge in [0.05, 0.1) is 0 Å². The highest BCUT2D eigenvalue weighted by Crippen LogP contribution is 2.14. The summed E-state index contributed by atoms with van der Waals surface area (Å²) < 4.78 is 0. The van der Waals surface area contributed by atoms with Crippen molar-refractivity contribution < 1.29 is 0 Å². The summed E-state index contributed by atoms with van der Waals surface area (Å²) >= 11 is 0. The van der Waals surface area contributed by atoms with Crippen LogP contribution in [0.1, 0.15) is 33.1 Å². The number of likely N-dealkylation sites (tertiary alicyclic amines) is 1. The zero-order valence-electron chi connectivity index (χ0n) is 8.58. The standard InChI is InChI=1S/C10H19N3/c1-3-9(2)13-6-4-5-10(7-13)12-8-11/h9-10,12H,3-7H2,1-2H3. The first kappa shape index (κ1) is 10.3. The van der Waals surface area contributed by atoms with Gasteiger partial charge in [0.15, 0.2) is 6.19 Å². The van der Waals surface area contributed by atoms with Crippen LogP contribution in [0.3, 0.4) is 0 Å². The molecule has 0 spiro atoms. The summed E-state index contributed by atoms with van der Waals surface area (Å²) in [6, 6.07) is 1.04. The summed E-state index contributed by atoms with van der Waals surface area (Å²) in [6.45, 7) is 6.70. The van der Waals surface area contributed by atoms with Gasteiger partial charge in [-0.05, 0) is 32.7 Å². The predicted molar refractivity (Wildman–Crippen MR) is 53.1 cm³/mol. The molecule has 1 fully saturated rings. The lowest BCUT2D eigenvalue weighted by Crippen LogP contribution is -2.47. The van der Waals surface area contributed by atoms with Gasteiger partial charge >= 0.3 is 0 Å². The first-order chi connectivity index (χ1) is 6.27. The van der Waals surface area contributed by atoms with Crippen molar-refractivity contribution in [3.63, 3.8) is 0 Å². The van der Waals surface area contributed by atoms with Gasteiger partial charge in [-0.1, -0.05) is 6.92 Å². The minimum absolute atomic E-state index is 0.382. The Morgan fingerprint density at radius 1 is 1.69 bits per heavy atom. The number of nitriles is 1. The third kappa shape index (κ3) is 2.89. The third-order valence-corrected chi connectivity index (χ3v) is 2.94. The molecule has 0 aromatic carbocycles. The molecule has 0 aromatic rings. The van der Waals surface area contributed by atoms with E-state index in [-0.39, 0.29) is 0 Å². The largest absolute Gasteiger partial charge is 0.319 e. The molecule has 0 aromatic heterocycles. The van der Waals surface area contributed by atoms with Crippen LogP contribution in [0.4, 0.5) is 0 Å². The molecular formula is C10H19N3. The van der Waals surface area contributed by atoms with Gasteiger partial charge in [-0.2, -0.15) is 5.26 Å². The van der Waals surface area contributed by atoms with Gasteiger partial charge in [0.1, 0.15) is 0 Å². The van der Waals surface area contributed by atoms with Crippen molar-refractivity contribution in [3.8, 4) is 6.19 Å². The summed E-state index contributed by atoms with van der Waals surface area (Å²) in [5.41, 5.74) is 0. The molecule has 1 saturated heterocycles. The average molecular weight is 181 g/mol. The molecule has 3 nitrogen and oxygen atoms in total. The fourth-order valence-electron chi connectivity index (χ4n) is 1.87. The van der Waals surface area contributed by atoms with E-state index >= 15 is 0 Å². The number of piperidine rings is 1. The Morgan fingerprint density at radius 3 is 3.08 bits per heavy atom. The van der Waals surface area contributed by atoms with Crippen LogP contribution in [0.15, 0.2) is 0 Å². The number of rotatable bonds is 3. The monoisotopic (exact) mass is 181 g/mol. The molecule has 0 bridgehead atoms. The van der Waals surface area contributed by atoms with Crippen molar-refractivity contribution in [1.82, 2.24) is 10.2 Å². The maximum absolute atomic E-state index is 8.52. The van der Waals surface area contributed by atoms with Crippen molar-refractivity contribution in [2.24, 2.45) is 0 Å². The third-order valence-electron chi connectivity index (χ3n) is 2.94. The zero-order chi connectivity index (χ0) is 9.68. The predicted octanol–water partition coefficient (Wildman–Crippen LogP) is 1.32. The Kier molecular flexibility index (Phi) is 4.04. The van der Waals surface area contributed by atoms with Crippen LogP contribution in [0.25, 0.3) is 0 Å². The second-order valence-electron chi connectivity index (χ2n) is 3.85. The molecule has 3 heteroatoms. The highest BCUT2D eigenvalue weighted by molar-refractivity contribution is 4.84. The lowest BCUT2D eigenvalue weighted by molar-refractivity contribution is 0.148. The molecule has 0 saturated carbocycles. The molecule has 0 radical (unpaired) electrons. The van der Waals surface area contributed by atoms with Crippen LogP contribution in [0.2, 0.25) is 0 Å². The number of hydrogen-bond donors (Lipinski definition) is 1. The molecule has 1 aliphatic heterocycles. The first-order valence-corrected chi connectivity index (χ1v) is 5.16. The van der Waals surface area contributed by atoms with Gasteiger partial charge in [0, 0.05) is 18.6 Å². The van der Waals surface area contributed by atoms with Crippen LogP contribution < -0.4 is 5.32 Å². The van der Waals surface area contributed by atoms with Crippen LogP contribution in [-0.2, 0) is 0 Å². The molecule has 13 heavy (non-hydrogen) atoms. The van der Waals surface area contributed by atoms with E-state index in [0.717, 1.165) is 13.0 Å². The highest BCUT2D eigenvalue weighted by Gasteiger charge is 2.21. The molecule has 2 atom stereocenters.